The molecule has 1 heterocycles. The molecule has 0 aliphatic carbocycles. The maximum absolute atomic E-state index is 12.5. The average molecular weight is 385 g/mol. The number of amides is 1. The van der Waals surface area contributed by atoms with Crippen LogP contribution in [-0.2, 0) is 0 Å². The lowest BCUT2D eigenvalue weighted by atomic mass is 10.2. The molecule has 9 heteroatoms. The molecule has 0 aliphatic heterocycles. The number of anilines is 1. The molecule has 1 N–H and O–H groups in total. The molecule has 0 unspecified atom stereocenters. The van der Waals surface area contributed by atoms with Crippen LogP contribution in [0.3, 0.4) is 0 Å². The number of nitrogens with one attached hydrogen (secondary N) is 1. The van der Waals surface area contributed by atoms with Crippen molar-refractivity contribution in [3.05, 3.63) is 42.0 Å². The lowest BCUT2D eigenvalue weighted by molar-refractivity contribution is 0.102. The Morgan fingerprint density at radius 1 is 0.857 bits per heavy atom. The van der Waals surface area contributed by atoms with E-state index in [4.69, 9.17) is 23.4 Å². The lowest BCUT2D eigenvalue weighted by Gasteiger charge is -2.08. The molecule has 0 atom stereocenters. The van der Waals surface area contributed by atoms with Crippen molar-refractivity contribution in [1.29, 1.82) is 0 Å². The fraction of sp³-hybridized carbons (Fsp3) is 0.211. The van der Waals surface area contributed by atoms with Crippen LogP contribution in [0, 0.1) is 0 Å². The van der Waals surface area contributed by atoms with Crippen LogP contribution >= 0.6 is 0 Å². The van der Waals surface area contributed by atoms with Crippen LogP contribution in [0.4, 0.5) is 6.01 Å². The van der Waals surface area contributed by atoms with Gasteiger partial charge in [-0.3, -0.25) is 10.1 Å². The quantitative estimate of drug-likeness (QED) is 0.662. The minimum atomic E-state index is -0.431. The Morgan fingerprint density at radius 3 is 2.14 bits per heavy atom. The van der Waals surface area contributed by atoms with Crippen molar-refractivity contribution >= 4 is 11.9 Å². The molecule has 0 fully saturated rings. The van der Waals surface area contributed by atoms with E-state index in [9.17, 15) is 4.79 Å². The Bertz CT molecular complexity index is 963. The molecule has 2 aromatic carbocycles. The summed E-state index contributed by atoms with van der Waals surface area (Å²) in [6, 6.07) is 9.90. The average Bonchev–Trinajstić information content (AvgIpc) is 3.21. The van der Waals surface area contributed by atoms with Gasteiger partial charge in [-0.05, 0) is 30.3 Å². The molecule has 0 aliphatic rings. The summed E-state index contributed by atoms with van der Waals surface area (Å²) >= 11 is 0. The van der Waals surface area contributed by atoms with Crippen LogP contribution in [0.15, 0.2) is 40.8 Å². The smallest absolute Gasteiger partial charge is 0.322 e. The van der Waals surface area contributed by atoms with Crippen LogP contribution in [0.5, 0.6) is 23.0 Å². The first-order valence-corrected chi connectivity index (χ1v) is 8.18. The number of carbonyl (C=O) groups is 1. The maximum Gasteiger partial charge on any atom is 0.322 e. The number of rotatable bonds is 7. The number of methoxy groups -OCH3 is 4. The van der Waals surface area contributed by atoms with Crippen LogP contribution < -0.4 is 24.3 Å². The summed E-state index contributed by atoms with van der Waals surface area (Å²) < 4.78 is 26.4. The summed E-state index contributed by atoms with van der Waals surface area (Å²) in [6.07, 6.45) is 0. The maximum atomic E-state index is 12.5. The Kier molecular flexibility index (Phi) is 5.64. The van der Waals surface area contributed by atoms with Crippen molar-refractivity contribution in [2.75, 3.05) is 33.8 Å². The number of carbonyl (C=O) groups excluding carboxylic acids is 1. The van der Waals surface area contributed by atoms with E-state index in [0.29, 0.717) is 34.1 Å². The van der Waals surface area contributed by atoms with E-state index in [-0.39, 0.29) is 11.9 Å². The molecule has 146 valence electrons. The number of benzene rings is 2. The Labute approximate surface area is 161 Å². The van der Waals surface area contributed by atoms with Gasteiger partial charge >= 0.3 is 6.01 Å². The molecular weight excluding hydrogens is 366 g/mol. The van der Waals surface area contributed by atoms with Crippen molar-refractivity contribution in [2.24, 2.45) is 0 Å². The molecule has 0 saturated carbocycles. The van der Waals surface area contributed by atoms with Crippen LogP contribution in [0.2, 0.25) is 0 Å². The molecule has 0 bridgehead atoms. The Balaban J connectivity index is 1.80. The van der Waals surface area contributed by atoms with Crippen LogP contribution in [0.25, 0.3) is 11.5 Å². The highest BCUT2D eigenvalue weighted by molar-refractivity contribution is 6.03. The molecule has 1 aromatic heterocycles. The van der Waals surface area contributed by atoms with E-state index in [1.165, 1.54) is 14.2 Å². The second kappa shape index (κ2) is 8.30. The largest absolute Gasteiger partial charge is 0.497 e. The molecule has 9 nitrogen and oxygen atoms in total. The molecule has 0 saturated heterocycles. The van der Waals surface area contributed by atoms with Gasteiger partial charge < -0.3 is 23.4 Å². The number of hydrogen-bond acceptors (Lipinski definition) is 8. The summed E-state index contributed by atoms with van der Waals surface area (Å²) in [4.78, 5) is 12.5. The first-order valence-electron chi connectivity index (χ1n) is 8.18. The highest BCUT2D eigenvalue weighted by Gasteiger charge is 2.16. The van der Waals surface area contributed by atoms with Crippen molar-refractivity contribution in [3.63, 3.8) is 0 Å². The monoisotopic (exact) mass is 385 g/mol. The fourth-order valence-electron chi connectivity index (χ4n) is 2.47. The third kappa shape index (κ3) is 3.98. The molecule has 0 spiro atoms. The van der Waals surface area contributed by atoms with Gasteiger partial charge in [-0.2, -0.15) is 0 Å². The SMILES string of the molecule is COc1cc(OC)cc(-c2nnc(NC(=O)c3ccc(OC)c(OC)c3)o2)c1. The molecule has 28 heavy (non-hydrogen) atoms. The summed E-state index contributed by atoms with van der Waals surface area (Å²) in [5.41, 5.74) is 0.941. The van der Waals surface area contributed by atoms with Gasteiger partial charge in [-0.25, -0.2) is 0 Å². The Morgan fingerprint density at radius 2 is 1.54 bits per heavy atom. The molecule has 3 rings (SSSR count). The number of ether oxygens (including phenoxy) is 4. The highest BCUT2D eigenvalue weighted by atomic mass is 16.5. The van der Waals surface area contributed by atoms with Gasteiger partial charge in [0.1, 0.15) is 11.5 Å². The standard InChI is InChI=1S/C19H19N3O6/c1-24-13-7-12(8-14(10-13)25-2)18-21-22-19(28-18)20-17(23)11-5-6-15(26-3)16(9-11)27-4/h5-10H,1-4H3,(H,20,22,23). The zero-order chi connectivity index (χ0) is 20.1. The van der Waals surface area contributed by atoms with Crippen molar-refractivity contribution < 1.29 is 28.2 Å². The van der Waals surface area contributed by atoms with E-state index in [2.05, 4.69) is 15.5 Å². The van der Waals surface area contributed by atoms with Gasteiger partial charge in [0, 0.05) is 17.2 Å². The van der Waals surface area contributed by atoms with Gasteiger partial charge in [0.2, 0.25) is 5.89 Å². The molecular formula is C19H19N3O6. The number of hydrogen-bond donors (Lipinski definition) is 1. The summed E-state index contributed by atoms with van der Waals surface area (Å²) in [7, 11) is 6.10. The van der Waals surface area contributed by atoms with E-state index >= 15 is 0 Å². The fourth-order valence-corrected chi connectivity index (χ4v) is 2.47. The third-order valence-corrected chi connectivity index (χ3v) is 3.89. The summed E-state index contributed by atoms with van der Waals surface area (Å²) in [5, 5.41) is 10.4. The van der Waals surface area contributed by atoms with E-state index in [1.807, 2.05) is 0 Å². The topological polar surface area (TPSA) is 105 Å². The minimum Gasteiger partial charge on any atom is -0.497 e. The first kappa shape index (κ1) is 19.0. The molecule has 3 aromatic rings. The predicted octanol–water partition coefficient (Wildman–Crippen LogP) is 3.02. The third-order valence-electron chi connectivity index (χ3n) is 3.89. The normalized spacial score (nSPS) is 10.3. The predicted molar refractivity (Wildman–Crippen MR) is 100 cm³/mol. The van der Waals surface area contributed by atoms with Crippen LogP contribution in [-0.4, -0.2) is 44.5 Å². The summed E-state index contributed by atoms with van der Waals surface area (Å²) in [5.74, 6) is 1.88. The van der Waals surface area contributed by atoms with E-state index in [0.717, 1.165) is 0 Å². The molecule has 1 amide bonds. The van der Waals surface area contributed by atoms with E-state index in [1.54, 1.807) is 50.6 Å². The second-order valence-electron chi connectivity index (χ2n) is 5.54. The number of aromatic nitrogens is 2. The first-order chi connectivity index (χ1) is 13.6. The number of nitrogens with zero attached hydrogens (tertiary/aromatic N) is 2. The highest BCUT2D eigenvalue weighted by Crippen LogP contribution is 2.30. The van der Waals surface area contributed by atoms with Crippen molar-refractivity contribution in [1.82, 2.24) is 10.2 Å². The molecule has 0 radical (unpaired) electrons. The van der Waals surface area contributed by atoms with Gasteiger partial charge in [0.25, 0.3) is 5.91 Å². The van der Waals surface area contributed by atoms with Crippen molar-refractivity contribution in [3.8, 4) is 34.5 Å². The van der Waals surface area contributed by atoms with Gasteiger partial charge in [0.05, 0.1) is 28.4 Å². The van der Waals surface area contributed by atoms with Crippen LogP contribution in [0.1, 0.15) is 10.4 Å². The summed E-state index contributed by atoms with van der Waals surface area (Å²) in [6.45, 7) is 0. The van der Waals surface area contributed by atoms with E-state index < -0.39 is 5.91 Å². The zero-order valence-corrected chi connectivity index (χ0v) is 15.8. The zero-order valence-electron chi connectivity index (χ0n) is 15.8. The second-order valence-corrected chi connectivity index (χ2v) is 5.54. The van der Waals surface area contributed by atoms with Gasteiger partial charge in [-0.15, -0.1) is 5.10 Å². The Hall–Kier alpha value is -3.75. The van der Waals surface area contributed by atoms with Gasteiger partial charge in [-0.1, -0.05) is 5.10 Å². The van der Waals surface area contributed by atoms with Gasteiger partial charge in [0.15, 0.2) is 11.5 Å². The minimum absolute atomic E-state index is 0.0448. The van der Waals surface area contributed by atoms with Crippen molar-refractivity contribution in [2.45, 2.75) is 0 Å². The lowest BCUT2D eigenvalue weighted by Crippen LogP contribution is -2.12.